The summed E-state index contributed by atoms with van der Waals surface area (Å²) in [6.07, 6.45) is -0.695. The maximum Gasteiger partial charge on any atom is 0.408 e. The molecule has 0 bridgehead atoms. The lowest BCUT2D eigenvalue weighted by Gasteiger charge is -2.32. The molecule has 184 valence electrons. The van der Waals surface area contributed by atoms with E-state index in [1.807, 2.05) is 48.5 Å². The van der Waals surface area contributed by atoms with Gasteiger partial charge in [-0.15, -0.1) is 11.8 Å². The van der Waals surface area contributed by atoms with Crippen LogP contribution < -0.4 is 10.6 Å². The number of carbonyl (C=O) groups excluding carboxylic acids is 2. The van der Waals surface area contributed by atoms with Gasteiger partial charge in [0.2, 0.25) is 5.91 Å². The van der Waals surface area contributed by atoms with Gasteiger partial charge in [-0.05, 0) is 35.6 Å². The van der Waals surface area contributed by atoms with Gasteiger partial charge in [0.05, 0.1) is 6.61 Å². The zero-order valence-electron chi connectivity index (χ0n) is 20.1. The van der Waals surface area contributed by atoms with E-state index in [2.05, 4.69) is 22.5 Å². The zero-order valence-corrected chi connectivity index (χ0v) is 20.1. The number of aliphatic carboxylic acids is 1. The monoisotopic (exact) mass is 478 g/mol. The first-order valence-corrected chi connectivity index (χ1v) is 11.4. The summed E-state index contributed by atoms with van der Waals surface area (Å²) in [5, 5.41) is 14.5. The molecule has 0 saturated carbocycles. The second-order valence-electron chi connectivity index (χ2n) is 8.31. The number of ether oxygens (including phenoxy) is 2. The van der Waals surface area contributed by atoms with E-state index < -0.39 is 29.6 Å². The molecule has 8 nitrogen and oxygen atoms in total. The predicted octanol–water partition coefficient (Wildman–Crippen LogP) is 3.30. The molecule has 2 aromatic carbocycles. The molecule has 0 heterocycles. The maximum atomic E-state index is 13.1. The lowest BCUT2D eigenvalue weighted by molar-refractivity contribution is -0.143. The van der Waals surface area contributed by atoms with Crippen LogP contribution in [0.2, 0.25) is 0 Å². The number of rotatable bonds is 10. The second-order valence-corrected chi connectivity index (χ2v) is 8.31. The third-order valence-corrected chi connectivity index (χ3v) is 6.20. The Morgan fingerprint density at radius 2 is 1.69 bits per heavy atom. The molecule has 3 rings (SSSR count). The molecule has 35 heavy (non-hydrogen) atoms. The topological polar surface area (TPSA) is 114 Å². The second kappa shape index (κ2) is 11.5. The molecule has 2 amide bonds. The first kappa shape index (κ1) is 25.8. The van der Waals surface area contributed by atoms with Crippen LogP contribution in [-0.4, -0.2) is 55.0 Å². The number of amides is 2. The SMILES string of the molecule is CC#CCC(NC(=O)C(CC)(COC)NC(=O)OCC1c2ccccc2-c2ccccc21)C(=O)O. The molecule has 2 aromatic rings. The minimum absolute atomic E-state index is 0.0602. The van der Waals surface area contributed by atoms with Crippen LogP contribution in [0.4, 0.5) is 4.79 Å². The van der Waals surface area contributed by atoms with Crippen LogP contribution in [0.25, 0.3) is 11.1 Å². The van der Waals surface area contributed by atoms with Crippen molar-refractivity contribution in [3.63, 3.8) is 0 Å². The van der Waals surface area contributed by atoms with Gasteiger partial charge < -0.3 is 25.2 Å². The molecular formula is C27H30N2O6. The molecule has 0 fully saturated rings. The Labute approximate surface area is 205 Å². The molecule has 1 aliphatic rings. The Kier molecular flexibility index (Phi) is 8.50. The van der Waals surface area contributed by atoms with Crippen molar-refractivity contribution in [2.24, 2.45) is 0 Å². The van der Waals surface area contributed by atoms with Crippen LogP contribution >= 0.6 is 0 Å². The van der Waals surface area contributed by atoms with Crippen molar-refractivity contribution in [3.05, 3.63) is 59.7 Å². The van der Waals surface area contributed by atoms with E-state index in [0.29, 0.717) is 0 Å². The van der Waals surface area contributed by atoms with E-state index in [-0.39, 0.29) is 32.0 Å². The molecule has 0 aliphatic heterocycles. The summed E-state index contributed by atoms with van der Waals surface area (Å²) in [6, 6.07) is 14.7. The molecule has 8 heteroatoms. The molecule has 0 radical (unpaired) electrons. The van der Waals surface area contributed by atoms with Crippen molar-refractivity contribution in [1.82, 2.24) is 10.6 Å². The minimum atomic E-state index is -1.51. The van der Waals surface area contributed by atoms with Gasteiger partial charge in [0.1, 0.15) is 18.2 Å². The molecule has 2 unspecified atom stereocenters. The molecular weight excluding hydrogens is 448 g/mol. The highest BCUT2D eigenvalue weighted by Crippen LogP contribution is 2.44. The molecule has 0 spiro atoms. The number of carboxylic acids is 1. The summed E-state index contributed by atoms with van der Waals surface area (Å²) in [7, 11) is 1.40. The summed E-state index contributed by atoms with van der Waals surface area (Å²) >= 11 is 0. The Morgan fingerprint density at radius 3 is 2.20 bits per heavy atom. The number of carboxylic acid groups (broad SMARTS) is 1. The summed E-state index contributed by atoms with van der Waals surface area (Å²) in [6.45, 7) is 3.20. The van der Waals surface area contributed by atoms with Gasteiger partial charge in [0, 0.05) is 19.4 Å². The number of hydrogen-bond donors (Lipinski definition) is 3. The largest absolute Gasteiger partial charge is 0.480 e. The fourth-order valence-corrected chi connectivity index (χ4v) is 4.29. The fourth-order valence-electron chi connectivity index (χ4n) is 4.29. The Bertz CT molecular complexity index is 1110. The number of carbonyl (C=O) groups is 3. The van der Waals surface area contributed by atoms with E-state index in [9.17, 15) is 19.5 Å². The molecule has 0 saturated heterocycles. The van der Waals surface area contributed by atoms with Gasteiger partial charge in [-0.25, -0.2) is 9.59 Å². The Morgan fingerprint density at radius 1 is 1.09 bits per heavy atom. The smallest absolute Gasteiger partial charge is 0.408 e. The van der Waals surface area contributed by atoms with Crippen molar-refractivity contribution < 1.29 is 29.0 Å². The van der Waals surface area contributed by atoms with Gasteiger partial charge in [-0.1, -0.05) is 55.5 Å². The van der Waals surface area contributed by atoms with Gasteiger partial charge in [0.25, 0.3) is 0 Å². The lowest BCUT2D eigenvalue weighted by Crippen LogP contribution is -2.63. The summed E-state index contributed by atoms with van der Waals surface area (Å²) in [5.41, 5.74) is 2.84. The van der Waals surface area contributed by atoms with Gasteiger partial charge in [0.15, 0.2) is 0 Å². The van der Waals surface area contributed by atoms with Crippen LogP contribution in [0.1, 0.15) is 43.7 Å². The molecule has 3 N–H and O–H groups in total. The number of benzene rings is 2. The maximum absolute atomic E-state index is 13.1. The Hall–Kier alpha value is -3.83. The van der Waals surface area contributed by atoms with E-state index in [1.165, 1.54) is 7.11 Å². The van der Waals surface area contributed by atoms with E-state index in [1.54, 1.807) is 13.8 Å². The van der Waals surface area contributed by atoms with Gasteiger partial charge in [-0.3, -0.25) is 4.79 Å². The normalized spacial score (nSPS) is 14.4. The van der Waals surface area contributed by atoms with Crippen LogP contribution in [0.15, 0.2) is 48.5 Å². The van der Waals surface area contributed by atoms with Gasteiger partial charge in [-0.2, -0.15) is 0 Å². The summed E-state index contributed by atoms with van der Waals surface area (Å²) in [4.78, 5) is 37.5. The van der Waals surface area contributed by atoms with Crippen LogP contribution in [0, 0.1) is 11.8 Å². The quantitative estimate of drug-likeness (QED) is 0.452. The van der Waals surface area contributed by atoms with Gasteiger partial charge >= 0.3 is 12.1 Å². The molecule has 0 aromatic heterocycles. The third-order valence-electron chi connectivity index (χ3n) is 6.20. The number of hydrogen-bond acceptors (Lipinski definition) is 5. The number of nitrogens with one attached hydrogen (secondary N) is 2. The average Bonchev–Trinajstić information content (AvgIpc) is 3.18. The Balaban J connectivity index is 1.74. The molecule has 2 atom stereocenters. The summed E-state index contributed by atoms with van der Waals surface area (Å²) in [5.74, 6) is 3.24. The standard InChI is InChI=1S/C27H30N2O6/c1-4-6-15-23(24(30)31)28-25(32)27(5-2,17-34-3)29-26(33)35-16-22-20-13-9-7-11-18(20)19-12-8-10-14-21(19)22/h7-14,22-23H,5,15-17H2,1-3H3,(H,28,32)(H,29,33)(H,30,31). The zero-order chi connectivity index (χ0) is 25.4. The van der Waals surface area contributed by atoms with Crippen molar-refractivity contribution in [3.8, 4) is 23.0 Å². The van der Waals surface area contributed by atoms with Crippen molar-refractivity contribution in [1.29, 1.82) is 0 Å². The highest BCUT2D eigenvalue weighted by atomic mass is 16.5. The minimum Gasteiger partial charge on any atom is -0.480 e. The number of methoxy groups -OCH3 is 1. The average molecular weight is 479 g/mol. The number of fused-ring (bicyclic) bond motifs is 3. The highest BCUT2D eigenvalue weighted by Gasteiger charge is 2.41. The van der Waals surface area contributed by atoms with Crippen molar-refractivity contribution >= 4 is 18.0 Å². The van der Waals surface area contributed by atoms with Crippen LogP contribution in [0.3, 0.4) is 0 Å². The fraction of sp³-hybridized carbons (Fsp3) is 0.370. The predicted molar refractivity (Wildman–Crippen MR) is 131 cm³/mol. The van der Waals surface area contributed by atoms with Crippen LogP contribution in [-0.2, 0) is 19.1 Å². The van der Waals surface area contributed by atoms with E-state index in [0.717, 1.165) is 22.3 Å². The van der Waals surface area contributed by atoms with Crippen LogP contribution in [0.5, 0.6) is 0 Å². The first-order chi connectivity index (χ1) is 16.9. The van der Waals surface area contributed by atoms with E-state index >= 15 is 0 Å². The van der Waals surface area contributed by atoms with Crippen molar-refractivity contribution in [2.45, 2.75) is 44.2 Å². The summed E-state index contributed by atoms with van der Waals surface area (Å²) < 4.78 is 10.8. The first-order valence-electron chi connectivity index (χ1n) is 11.4. The third kappa shape index (κ3) is 5.64. The van der Waals surface area contributed by atoms with Crippen molar-refractivity contribution in [2.75, 3.05) is 20.3 Å². The lowest BCUT2D eigenvalue weighted by atomic mass is 9.95. The number of alkyl carbamates (subject to hydrolysis) is 1. The van der Waals surface area contributed by atoms with E-state index in [4.69, 9.17) is 9.47 Å². The molecule has 1 aliphatic carbocycles. The highest BCUT2D eigenvalue weighted by molar-refractivity contribution is 5.93.